The van der Waals surface area contributed by atoms with Crippen LogP contribution in [0.5, 0.6) is 5.88 Å². The van der Waals surface area contributed by atoms with Gasteiger partial charge in [-0.1, -0.05) is 30.3 Å². The first-order chi connectivity index (χ1) is 11.6. The first-order valence-corrected chi connectivity index (χ1v) is 8.37. The predicted octanol–water partition coefficient (Wildman–Crippen LogP) is 4.14. The molecule has 1 fully saturated rings. The highest BCUT2D eigenvalue weighted by atomic mass is 16.5. The van der Waals surface area contributed by atoms with Crippen molar-refractivity contribution in [2.45, 2.75) is 38.8 Å². The number of aromatic nitrogens is 1. The molecule has 2 N–H and O–H groups in total. The molecule has 1 unspecified atom stereocenters. The molecule has 1 heterocycles. The van der Waals surface area contributed by atoms with E-state index in [1.165, 1.54) is 0 Å². The van der Waals surface area contributed by atoms with Gasteiger partial charge in [0.1, 0.15) is 5.69 Å². The molecule has 2 aromatic rings. The summed E-state index contributed by atoms with van der Waals surface area (Å²) >= 11 is 0. The zero-order chi connectivity index (χ0) is 16.9. The van der Waals surface area contributed by atoms with Crippen LogP contribution < -0.4 is 15.4 Å². The minimum atomic E-state index is -0.239. The maximum absolute atomic E-state index is 12.5. The standard InChI is InChI=1S/C19H23N3O2/c1-13(2)24-18-16(9-6-12-20-18)21-19(23)22-17(15-10-11-15)14-7-4-3-5-8-14/h3-9,12-13,15,17H,10-11H2,1-2H3,(H2,21,22,23). The molecule has 0 aliphatic heterocycles. The van der Waals surface area contributed by atoms with Crippen LogP contribution >= 0.6 is 0 Å². The lowest BCUT2D eigenvalue weighted by Crippen LogP contribution is -2.33. The zero-order valence-electron chi connectivity index (χ0n) is 14.0. The molecule has 5 nitrogen and oxygen atoms in total. The fraction of sp³-hybridized carbons (Fsp3) is 0.368. The molecule has 2 amide bonds. The Bertz CT molecular complexity index is 684. The van der Waals surface area contributed by atoms with Gasteiger partial charge in [0.15, 0.2) is 0 Å². The Labute approximate surface area is 142 Å². The molecule has 1 aliphatic rings. The third-order valence-electron chi connectivity index (χ3n) is 3.91. The van der Waals surface area contributed by atoms with Gasteiger partial charge in [-0.15, -0.1) is 0 Å². The van der Waals surface area contributed by atoms with Gasteiger partial charge in [-0.3, -0.25) is 0 Å². The number of pyridine rings is 1. The number of rotatable bonds is 6. The first-order valence-electron chi connectivity index (χ1n) is 8.37. The summed E-state index contributed by atoms with van der Waals surface area (Å²) in [6.07, 6.45) is 3.94. The van der Waals surface area contributed by atoms with Gasteiger partial charge in [-0.25, -0.2) is 9.78 Å². The predicted molar refractivity (Wildman–Crippen MR) is 94.1 cm³/mol. The molecule has 1 atom stereocenters. The van der Waals surface area contributed by atoms with Crippen molar-refractivity contribution in [2.75, 3.05) is 5.32 Å². The molecule has 1 saturated carbocycles. The summed E-state index contributed by atoms with van der Waals surface area (Å²) in [6, 6.07) is 13.5. The van der Waals surface area contributed by atoms with E-state index >= 15 is 0 Å². The number of anilines is 1. The van der Waals surface area contributed by atoms with Crippen LogP contribution in [0.1, 0.15) is 38.3 Å². The van der Waals surface area contributed by atoms with Crippen molar-refractivity contribution < 1.29 is 9.53 Å². The van der Waals surface area contributed by atoms with Crippen LogP contribution in [-0.4, -0.2) is 17.1 Å². The number of hydrogen-bond donors (Lipinski definition) is 2. The third kappa shape index (κ3) is 4.25. The Morgan fingerprint density at radius 3 is 2.58 bits per heavy atom. The van der Waals surface area contributed by atoms with Gasteiger partial charge in [-0.05, 0) is 50.3 Å². The van der Waals surface area contributed by atoms with Crippen molar-refractivity contribution in [3.05, 3.63) is 54.2 Å². The van der Waals surface area contributed by atoms with Crippen LogP contribution in [-0.2, 0) is 0 Å². The fourth-order valence-corrected chi connectivity index (χ4v) is 2.67. The second-order valence-corrected chi connectivity index (χ2v) is 6.35. The molecule has 0 bridgehead atoms. The Hall–Kier alpha value is -2.56. The van der Waals surface area contributed by atoms with Gasteiger partial charge >= 0.3 is 6.03 Å². The highest BCUT2D eigenvalue weighted by molar-refractivity contribution is 5.90. The van der Waals surface area contributed by atoms with Crippen molar-refractivity contribution in [3.63, 3.8) is 0 Å². The Morgan fingerprint density at radius 1 is 1.17 bits per heavy atom. The monoisotopic (exact) mass is 325 g/mol. The Kier molecular flexibility index (Phi) is 4.99. The van der Waals surface area contributed by atoms with E-state index in [-0.39, 0.29) is 18.2 Å². The summed E-state index contributed by atoms with van der Waals surface area (Å²) in [4.78, 5) is 16.7. The number of nitrogens with one attached hydrogen (secondary N) is 2. The number of benzene rings is 1. The van der Waals surface area contributed by atoms with E-state index in [2.05, 4.69) is 27.8 Å². The summed E-state index contributed by atoms with van der Waals surface area (Å²) in [7, 11) is 0. The van der Waals surface area contributed by atoms with Gasteiger partial charge in [0.2, 0.25) is 5.88 Å². The van der Waals surface area contributed by atoms with Crippen molar-refractivity contribution in [1.82, 2.24) is 10.3 Å². The van der Waals surface area contributed by atoms with Gasteiger partial charge in [0, 0.05) is 6.20 Å². The zero-order valence-corrected chi connectivity index (χ0v) is 14.0. The van der Waals surface area contributed by atoms with E-state index in [4.69, 9.17) is 4.74 Å². The van der Waals surface area contributed by atoms with E-state index in [9.17, 15) is 4.79 Å². The van der Waals surface area contributed by atoms with E-state index < -0.39 is 0 Å². The van der Waals surface area contributed by atoms with E-state index in [0.29, 0.717) is 17.5 Å². The minimum absolute atomic E-state index is 0.00737. The lowest BCUT2D eigenvalue weighted by molar-refractivity contribution is 0.232. The van der Waals surface area contributed by atoms with Crippen molar-refractivity contribution in [2.24, 2.45) is 5.92 Å². The SMILES string of the molecule is CC(C)Oc1ncccc1NC(=O)NC(c1ccccc1)C1CC1. The maximum atomic E-state index is 12.5. The molecule has 5 heteroatoms. The van der Waals surface area contributed by atoms with Crippen LogP contribution in [0.2, 0.25) is 0 Å². The fourth-order valence-electron chi connectivity index (χ4n) is 2.67. The normalized spacial score (nSPS) is 15.0. The van der Waals surface area contributed by atoms with E-state index in [0.717, 1.165) is 18.4 Å². The Morgan fingerprint density at radius 2 is 1.92 bits per heavy atom. The second-order valence-electron chi connectivity index (χ2n) is 6.35. The number of nitrogens with zero attached hydrogens (tertiary/aromatic N) is 1. The lowest BCUT2D eigenvalue weighted by Gasteiger charge is -2.20. The van der Waals surface area contributed by atoms with E-state index in [1.54, 1.807) is 18.3 Å². The van der Waals surface area contributed by atoms with Crippen LogP contribution in [0.15, 0.2) is 48.7 Å². The van der Waals surface area contributed by atoms with Gasteiger partial charge in [0.05, 0.1) is 12.1 Å². The Balaban J connectivity index is 1.69. The largest absolute Gasteiger partial charge is 0.473 e. The molecule has 0 spiro atoms. The number of urea groups is 1. The quantitative estimate of drug-likeness (QED) is 0.839. The van der Waals surface area contributed by atoms with Crippen LogP contribution in [0.4, 0.5) is 10.5 Å². The van der Waals surface area contributed by atoms with Gasteiger partial charge in [-0.2, -0.15) is 0 Å². The lowest BCUT2D eigenvalue weighted by atomic mass is 10.0. The molecule has 1 aromatic carbocycles. The molecule has 3 rings (SSSR count). The van der Waals surface area contributed by atoms with Gasteiger partial charge < -0.3 is 15.4 Å². The van der Waals surface area contributed by atoms with Crippen molar-refractivity contribution in [3.8, 4) is 5.88 Å². The summed E-state index contributed by atoms with van der Waals surface area (Å²) < 4.78 is 5.64. The average Bonchev–Trinajstić information content (AvgIpc) is 3.40. The van der Waals surface area contributed by atoms with Crippen molar-refractivity contribution in [1.29, 1.82) is 0 Å². The molecule has 126 valence electrons. The molecule has 0 saturated heterocycles. The summed E-state index contributed by atoms with van der Waals surface area (Å²) in [5, 5.41) is 5.95. The highest BCUT2D eigenvalue weighted by Gasteiger charge is 2.33. The molecule has 1 aromatic heterocycles. The first kappa shape index (κ1) is 16.3. The number of carbonyl (C=O) groups excluding carboxylic acids is 1. The molecule has 0 radical (unpaired) electrons. The van der Waals surface area contributed by atoms with Crippen molar-refractivity contribution >= 4 is 11.7 Å². The number of ether oxygens (including phenoxy) is 1. The second kappa shape index (κ2) is 7.34. The van der Waals surface area contributed by atoms with Gasteiger partial charge in [0.25, 0.3) is 0 Å². The van der Waals surface area contributed by atoms with E-state index in [1.807, 2.05) is 32.0 Å². The smallest absolute Gasteiger partial charge is 0.319 e. The topological polar surface area (TPSA) is 63.2 Å². The number of amides is 2. The molecular formula is C19H23N3O2. The highest BCUT2D eigenvalue weighted by Crippen LogP contribution is 2.41. The molecular weight excluding hydrogens is 302 g/mol. The number of hydrogen-bond acceptors (Lipinski definition) is 3. The number of carbonyl (C=O) groups is 1. The minimum Gasteiger partial charge on any atom is -0.473 e. The average molecular weight is 325 g/mol. The molecule has 1 aliphatic carbocycles. The maximum Gasteiger partial charge on any atom is 0.319 e. The van der Waals surface area contributed by atoms with Crippen LogP contribution in [0.25, 0.3) is 0 Å². The van der Waals surface area contributed by atoms with Crippen LogP contribution in [0.3, 0.4) is 0 Å². The third-order valence-corrected chi connectivity index (χ3v) is 3.91. The summed E-state index contributed by atoms with van der Waals surface area (Å²) in [5.74, 6) is 0.948. The molecule has 24 heavy (non-hydrogen) atoms. The van der Waals surface area contributed by atoms with Crippen LogP contribution in [0, 0.1) is 5.92 Å². The summed E-state index contributed by atoms with van der Waals surface area (Å²) in [5.41, 5.74) is 1.71. The summed E-state index contributed by atoms with van der Waals surface area (Å²) in [6.45, 7) is 3.86.